The molecule has 2 aromatic carbocycles. The molecule has 0 unspecified atom stereocenters. The number of benzene rings is 2. The highest BCUT2D eigenvalue weighted by Gasteiger charge is 2.14. The normalized spacial score (nSPS) is 11.6. The molecule has 2 aromatic rings. The standard InChI is InChI=1S/C66H112N2/c1-6-11-16-19-20-21-22-23-24-25-26-27-28-29-30-31-32-33-34-35-36-37-38-39-40-41-42-45-50-63(58-68-67)57-66(64-53-59(46-14-9-4)51-60(54-64)47-15-10-5)65-55-61(48-43-17-12-7-2)52-62(56-65)49-44-18-13-8-3/h51-57H,6-50H2,1-5H3. The first kappa shape index (κ1) is 61.5. The van der Waals surface area contributed by atoms with Crippen LogP contribution in [0.25, 0.3) is 11.1 Å². The van der Waals surface area contributed by atoms with E-state index in [1.807, 2.05) is 0 Å². The summed E-state index contributed by atoms with van der Waals surface area (Å²) in [5.74, 6) is 3.07. The average Bonchev–Trinajstić information content (AvgIpc) is 3.35. The van der Waals surface area contributed by atoms with Gasteiger partial charge in [0.25, 0.3) is 0 Å². The third kappa shape index (κ3) is 33.0. The minimum atomic E-state index is 0.895. The molecule has 0 spiro atoms. The number of nitrogens with zero attached hydrogens (tertiary/aromatic N) is 2. The lowest BCUT2D eigenvalue weighted by atomic mass is 9.88. The van der Waals surface area contributed by atoms with E-state index in [0.717, 1.165) is 44.1 Å². The van der Waals surface area contributed by atoms with Gasteiger partial charge in [-0.05, 0) is 109 Å². The van der Waals surface area contributed by atoms with Gasteiger partial charge in [-0.3, -0.25) is 0 Å². The van der Waals surface area contributed by atoms with Crippen LogP contribution in [0.15, 0.2) is 48.0 Å². The maximum Gasteiger partial charge on any atom is 0.303 e. The van der Waals surface area contributed by atoms with Gasteiger partial charge in [-0.1, -0.05) is 296 Å². The lowest BCUT2D eigenvalue weighted by Gasteiger charge is -2.17. The van der Waals surface area contributed by atoms with Crippen molar-refractivity contribution >= 4 is 11.4 Å². The van der Waals surface area contributed by atoms with Crippen molar-refractivity contribution in [3.8, 4) is 0 Å². The summed E-state index contributed by atoms with van der Waals surface area (Å²) in [5.41, 5.74) is 20.7. The molecule has 2 heteroatoms. The predicted octanol–water partition coefficient (Wildman–Crippen LogP) is 22.2. The summed E-state index contributed by atoms with van der Waals surface area (Å²) in [6, 6.07) is 14.9. The van der Waals surface area contributed by atoms with Gasteiger partial charge in [-0.15, -0.1) is 4.79 Å². The first-order valence-electron chi connectivity index (χ1n) is 30.5. The van der Waals surface area contributed by atoms with Gasteiger partial charge in [-0.2, -0.15) is 0 Å². The van der Waals surface area contributed by atoms with Crippen molar-refractivity contribution in [1.82, 2.24) is 0 Å². The second-order valence-corrected chi connectivity index (χ2v) is 21.5. The zero-order chi connectivity index (χ0) is 48.8. The van der Waals surface area contributed by atoms with E-state index in [9.17, 15) is 5.53 Å². The van der Waals surface area contributed by atoms with Crippen molar-refractivity contribution in [2.75, 3.05) is 0 Å². The van der Waals surface area contributed by atoms with Crippen LogP contribution < -0.4 is 0 Å². The third-order valence-corrected chi connectivity index (χ3v) is 14.8. The first-order chi connectivity index (χ1) is 33.6. The summed E-state index contributed by atoms with van der Waals surface area (Å²) in [7, 11) is 0. The van der Waals surface area contributed by atoms with E-state index in [2.05, 4.69) is 87.8 Å². The Bertz CT molecular complexity index is 1530. The van der Waals surface area contributed by atoms with Gasteiger partial charge in [0.1, 0.15) is 0 Å². The van der Waals surface area contributed by atoms with Gasteiger partial charge in [0.2, 0.25) is 0 Å². The van der Waals surface area contributed by atoms with Crippen LogP contribution in [0.4, 0.5) is 0 Å². The lowest BCUT2D eigenvalue weighted by Crippen LogP contribution is -2.00. The van der Waals surface area contributed by atoms with Crippen LogP contribution in [0.1, 0.15) is 331 Å². The highest BCUT2D eigenvalue weighted by Crippen LogP contribution is 2.32. The van der Waals surface area contributed by atoms with Gasteiger partial charge in [0.15, 0.2) is 0 Å². The van der Waals surface area contributed by atoms with Crippen LogP contribution in [-0.4, -0.2) is 10.7 Å². The molecule has 2 nitrogen and oxygen atoms in total. The maximum atomic E-state index is 9.91. The van der Waals surface area contributed by atoms with Crippen molar-refractivity contribution in [3.63, 3.8) is 0 Å². The molecule has 0 saturated heterocycles. The van der Waals surface area contributed by atoms with Crippen molar-refractivity contribution in [1.29, 1.82) is 0 Å². The topological polar surface area (TPSA) is 36.4 Å². The number of allylic oxidation sites excluding steroid dienone is 2. The molecule has 0 heterocycles. The molecule has 0 saturated carbocycles. The lowest BCUT2D eigenvalue weighted by molar-refractivity contribution is 0.00746. The summed E-state index contributed by atoms with van der Waals surface area (Å²) < 4.78 is 0. The van der Waals surface area contributed by atoms with E-state index in [1.54, 1.807) is 0 Å². The van der Waals surface area contributed by atoms with Crippen molar-refractivity contribution in [2.24, 2.45) is 0 Å². The molecule has 0 N–H and O–H groups in total. The molecule has 0 amide bonds. The molecular formula is C66H112N2. The van der Waals surface area contributed by atoms with E-state index in [4.69, 9.17) is 0 Å². The number of hydrogen-bond donors (Lipinski definition) is 0. The average molecular weight is 934 g/mol. The first-order valence-corrected chi connectivity index (χ1v) is 30.5. The van der Waals surface area contributed by atoms with Crippen molar-refractivity contribution < 1.29 is 4.79 Å². The molecule has 68 heavy (non-hydrogen) atoms. The van der Waals surface area contributed by atoms with E-state index in [1.165, 1.54) is 289 Å². The minimum absolute atomic E-state index is 0.895. The van der Waals surface area contributed by atoms with E-state index < -0.39 is 0 Å². The van der Waals surface area contributed by atoms with E-state index in [0.29, 0.717) is 0 Å². The molecule has 386 valence electrons. The SMILES string of the molecule is CCCCCCCCCCCCCCCCCCCCCCCCCCCCCCC(=C=[N+]=[N-])C=C(c1cc(CCCC)cc(CCCC)c1)c1cc(CCCCCC)cc(CCCCCC)c1. The Morgan fingerprint density at radius 3 is 0.868 bits per heavy atom. The Morgan fingerprint density at radius 1 is 0.338 bits per heavy atom. The van der Waals surface area contributed by atoms with Crippen LogP contribution in [0.5, 0.6) is 0 Å². The Balaban J connectivity index is 1.84. The summed E-state index contributed by atoms with van der Waals surface area (Å²) in [4.78, 5) is 3.53. The van der Waals surface area contributed by atoms with Crippen molar-refractivity contribution in [2.45, 2.75) is 324 Å². The summed E-state index contributed by atoms with van der Waals surface area (Å²) in [5, 5.41) is 0. The number of hydrogen-bond acceptors (Lipinski definition) is 0. The molecule has 0 bridgehead atoms. The van der Waals surface area contributed by atoms with Crippen LogP contribution in [-0.2, 0) is 25.7 Å². The molecular weight excluding hydrogens is 821 g/mol. The van der Waals surface area contributed by atoms with E-state index in [-0.39, 0.29) is 0 Å². The van der Waals surface area contributed by atoms with Gasteiger partial charge >= 0.3 is 5.87 Å². The van der Waals surface area contributed by atoms with Gasteiger partial charge in [0, 0.05) is 0 Å². The van der Waals surface area contributed by atoms with Crippen molar-refractivity contribution in [3.05, 3.63) is 87.0 Å². The Morgan fingerprint density at radius 2 is 0.588 bits per heavy atom. The fourth-order valence-corrected chi connectivity index (χ4v) is 10.4. The predicted molar refractivity (Wildman–Crippen MR) is 305 cm³/mol. The molecule has 2 rings (SSSR count). The molecule has 0 aromatic heterocycles. The van der Waals surface area contributed by atoms with Gasteiger partial charge in [0.05, 0.1) is 5.57 Å². The number of rotatable bonds is 48. The Kier molecular flexibility index (Phi) is 41.1. The van der Waals surface area contributed by atoms with Gasteiger partial charge < -0.3 is 5.53 Å². The largest absolute Gasteiger partial charge is 0.348 e. The molecule has 0 fully saturated rings. The zero-order valence-corrected chi connectivity index (χ0v) is 46.3. The summed E-state index contributed by atoms with van der Waals surface area (Å²) in [6.45, 7) is 11.5. The Hall–Kier alpha value is -2.66. The van der Waals surface area contributed by atoms with Crippen LogP contribution in [0.2, 0.25) is 0 Å². The molecule has 0 aliphatic carbocycles. The Labute approximate surface area is 424 Å². The molecule has 0 radical (unpaired) electrons. The summed E-state index contributed by atoms with van der Waals surface area (Å²) in [6.07, 6.45) is 62.6. The maximum absolute atomic E-state index is 9.91. The number of unbranched alkanes of at least 4 members (excludes halogenated alkanes) is 35. The monoisotopic (exact) mass is 933 g/mol. The van der Waals surface area contributed by atoms with Crippen LogP contribution in [0.3, 0.4) is 0 Å². The fourth-order valence-electron chi connectivity index (χ4n) is 10.4. The summed E-state index contributed by atoms with van der Waals surface area (Å²) >= 11 is 0. The second kappa shape index (κ2) is 45.5. The minimum Gasteiger partial charge on any atom is -0.348 e. The smallest absolute Gasteiger partial charge is 0.303 e. The molecule has 0 aliphatic heterocycles. The second-order valence-electron chi connectivity index (χ2n) is 21.5. The van der Waals surface area contributed by atoms with Gasteiger partial charge in [-0.25, -0.2) is 0 Å². The highest BCUT2D eigenvalue weighted by atomic mass is 14.8. The van der Waals surface area contributed by atoms with Crippen LogP contribution in [0, 0.1) is 0 Å². The third-order valence-electron chi connectivity index (χ3n) is 14.8. The van der Waals surface area contributed by atoms with E-state index >= 15 is 0 Å². The molecule has 0 aliphatic rings. The van der Waals surface area contributed by atoms with Crippen LogP contribution >= 0.6 is 0 Å². The fraction of sp³-hybridized carbons (Fsp3) is 0.758. The zero-order valence-electron chi connectivity index (χ0n) is 46.3. The number of aryl methyl sites for hydroxylation is 4. The quantitative estimate of drug-likeness (QED) is 0.0208. The highest BCUT2D eigenvalue weighted by molar-refractivity contribution is 5.84. The molecule has 0 atom stereocenters.